The van der Waals surface area contributed by atoms with Crippen LogP contribution in [0.3, 0.4) is 0 Å². The van der Waals surface area contributed by atoms with E-state index in [0.29, 0.717) is 13.2 Å². The molecule has 1 aliphatic heterocycles. The molecule has 1 aliphatic rings. The summed E-state index contributed by atoms with van der Waals surface area (Å²) in [5.41, 5.74) is 6.10. The van der Waals surface area contributed by atoms with Gasteiger partial charge in [0, 0.05) is 9.61 Å². The van der Waals surface area contributed by atoms with Crippen molar-refractivity contribution in [2.75, 3.05) is 18.5 Å². The zero-order chi connectivity index (χ0) is 12.5. The van der Waals surface area contributed by atoms with E-state index in [1.165, 1.54) is 0 Å². The Labute approximate surface area is 114 Å². The topological polar surface area (TPSA) is 64.3 Å². The Morgan fingerprint density at radius 1 is 1.59 bits per heavy atom. The summed E-state index contributed by atoms with van der Waals surface area (Å²) < 4.78 is 6.28. The summed E-state index contributed by atoms with van der Waals surface area (Å²) in [6.45, 7) is 2.66. The first-order valence-electron chi connectivity index (χ1n) is 5.43. The van der Waals surface area contributed by atoms with Crippen LogP contribution in [0.5, 0.6) is 0 Å². The second-order valence-corrected chi connectivity index (χ2v) is 5.64. The van der Waals surface area contributed by atoms with Crippen molar-refractivity contribution < 1.29 is 9.53 Å². The van der Waals surface area contributed by atoms with Gasteiger partial charge < -0.3 is 15.8 Å². The first kappa shape index (κ1) is 12.8. The van der Waals surface area contributed by atoms with E-state index in [1.54, 1.807) is 0 Å². The summed E-state index contributed by atoms with van der Waals surface area (Å²) in [7, 11) is 0. The van der Waals surface area contributed by atoms with Crippen molar-refractivity contribution in [3.05, 3.63) is 27.8 Å². The maximum atomic E-state index is 12.2. The zero-order valence-electron chi connectivity index (χ0n) is 9.57. The van der Waals surface area contributed by atoms with Crippen LogP contribution in [0, 0.1) is 8.99 Å². The van der Waals surface area contributed by atoms with Gasteiger partial charge in [0.05, 0.1) is 24.3 Å². The number of nitrogens with one attached hydrogen (secondary N) is 1. The lowest BCUT2D eigenvalue weighted by Gasteiger charge is -2.25. The highest BCUT2D eigenvalue weighted by molar-refractivity contribution is 14.1. The summed E-state index contributed by atoms with van der Waals surface area (Å²) in [6, 6.07) is 7.41. The fourth-order valence-corrected chi connectivity index (χ4v) is 2.27. The molecule has 0 aromatic heterocycles. The zero-order valence-corrected chi connectivity index (χ0v) is 11.7. The Morgan fingerprint density at radius 2 is 2.29 bits per heavy atom. The normalized spacial score (nSPS) is 28.1. The van der Waals surface area contributed by atoms with Crippen molar-refractivity contribution in [2.24, 2.45) is 11.1 Å². The third-order valence-electron chi connectivity index (χ3n) is 3.16. The lowest BCUT2D eigenvalue weighted by Crippen LogP contribution is -2.47. The maximum Gasteiger partial charge on any atom is 0.234 e. The van der Waals surface area contributed by atoms with Crippen molar-refractivity contribution >= 4 is 34.2 Å². The predicted octanol–water partition coefficient (Wildman–Crippen LogP) is 1.59. The van der Waals surface area contributed by atoms with Gasteiger partial charge in [-0.3, -0.25) is 4.79 Å². The molecule has 1 fully saturated rings. The van der Waals surface area contributed by atoms with E-state index in [4.69, 9.17) is 10.5 Å². The Balaban J connectivity index is 2.15. The van der Waals surface area contributed by atoms with Crippen molar-refractivity contribution in [3.8, 4) is 0 Å². The highest BCUT2D eigenvalue weighted by Crippen LogP contribution is 2.29. The number of carbonyl (C=O) groups excluding carboxylic acids is 1. The highest BCUT2D eigenvalue weighted by Gasteiger charge is 2.44. The van der Waals surface area contributed by atoms with Crippen LogP contribution >= 0.6 is 22.6 Å². The minimum Gasteiger partial charge on any atom is -0.379 e. The fourth-order valence-electron chi connectivity index (χ4n) is 1.75. The molecule has 5 heteroatoms. The average Bonchev–Trinajstić information content (AvgIpc) is 2.64. The molecular weight excluding hydrogens is 331 g/mol. The third-order valence-corrected chi connectivity index (χ3v) is 4.10. The number of para-hydroxylation sites is 1. The number of rotatable bonds is 2. The van der Waals surface area contributed by atoms with E-state index >= 15 is 0 Å². The number of ether oxygens (including phenoxy) is 1. The highest BCUT2D eigenvalue weighted by atomic mass is 127. The van der Waals surface area contributed by atoms with Gasteiger partial charge in [0.25, 0.3) is 0 Å². The Bertz CT molecular complexity index is 438. The molecule has 0 aliphatic carbocycles. The van der Waals surface area contributed by atoms with Gasteiger partial charge in [0.15, 0.2) is 0 Å². The van der Waals surface area contributed by atoms with Gasteiger partial charge in [-0.15, -0.1) is 0 Å². The van der Waals surface area contributed by atoms with E-state index in [1.807, 2.05) is 31.2 Å². The van der Waals surface area contributed by atoms with E-state index < -0.39 is 5.41 Å². The Morgan fingerprint density at radius 3 is 2.88 bits per heavy atom. The standard InChI is InChI=1S/C12H15IN2O2/c1-12(7-17-6-10(12)14)11(16)15-9-5-3-2-4-8(9)13/h2-5,10H,6-7,14H2,1H3,(H,15,16). The number of nitrogens with two attached hydrogens (primary N) is 1. The van der Waals surface area contributed by atoms with Crippen LogP contribution in [-0.2, 0) is 9.53 Å². The molecule has 1 aromatic carbocycles. The number of carbonyl (C=O) groups is 1. The maximum absolute atomic E-state index is 12.2. The molecule has 2 atom stereocenters. The van der Waals surface area contributed by atoms with Crippen LogP contribution in [0.1, 0.15) is 6.92 Å². The molecule has 1 amide bonds. The van der Waals surface area contributed by atoms with E-state index in [2.05, 4.69) is 27.9 Å². The van der Waals surface area contributed by atoms with Crippen molar-refractivity contribution in [1.82, 2.24) is 0 Å². The fraction of sp³-hybridized carbons (Fsp3) is 0.417. The van der Waals surface area contributed by atoms with E-state index in [-0.39, 0.29) is 11.9 Å². The molecule has 2 unspecified atom stereocenters. The minimum atomic E-state index is -0.640. The molecule has 1 aromatic rings. The molecule has 0 saturated carbocycles. The molecule has 1 heterocycles. The summed E-state index contributed by atoms with van der Waals surface area (Å²) in [5, 5.41) is 2.92. The monoisotopic (exact) mass is 346 g/mol. The second kappa shape index (κ2) is 4.91. The van der Waals surface area contributed by atoms with Gasteiger partial charge in [-0.25, -0.2) is 0 Å². The molecule has 1 saturated heterocycles. The van der Waals surface area contributed by atoms with Crippen LogP contribution in [0.2, 0.25) is 0 Å². The number of halogens is 1. The van der Waals surface area contributed by atoms with Gasteiger partial charge in [-0.1, -0.05) is 12.1 Å². The lowest BCUT2D eigenvalue weighted by molar-refractivity contribution is -0.125. The van der Waals surface area contributed by atoms with Crippen molar-refractivity contribution in [2.45, 2.75) is 13.0 Å². The van der Waals surface area contributed by atoms with Crippen LogP contribution < -0.4 is 11.1 Å². The smallest absolute Gasteiger partial charge is 0.234 e. The Kier molecular flexibility index (Phi) is 3.70. The van der Waals surface area contributed by atoms with Gasteiger partial charge >= 0.3 is 0 Å². The van der Waals surface area contributed by atoms with Crippen LogP contribution in [0.4, 0.5) is 5.69 Å². The number of benzene rings is 1. The quantitative estimate of drug-likeness (QED) is 0.800. The number of anilines is 1. The summed E-state index contributed by atoms with van der Waals surface area (Å²) in [5.74, 6) is -0.0772. The molecule has 17 heavy (non-hydrogen) atoms. The number of hydrogen-bond acceptors (Lipinski definition) is 3. The summed E-state index contributed by atoms with van der Waals surface area (Å²) >= 11 is 2.19. The van der Waals surface area contributed by atoms with Crippen LogP contribution in [-0.4, -0.2) is 25.2 Å². The minimum absolute atomic E-state index is 0.0772. The van der Waals surface area contributed by atoms with Crippen LogP contribution in [0.15, 0.2) is 24.3 Å². The van der Waals surface area contributed by atoms with Crippen LogP contribution in [0.25, 0.3) is 0 Å². The largest absolute Gasteiger partial charge is 0.379 e. The van der Waals surface area contributed by atoms with Gasteiger partial charge in [0.2, 0.25) is 5.91 Å². The summed E-state index contributed by atoms with van der Waals surface area (Å²) in [4.78, 5) is 12.2. The van der Waals surface area contributed by atoms with Gasteiger partial charge in [-0.2, -0.15) is 0 Å². The lowest BCUT2D eigenvalue weighted by atomic mass is 9.85. The van der Waals surface area contributed by atoms with Gasteiger partial charge in [0.1, 0.15) is 0 Å². The van der Waals surface area contributed by atoms with E-state index in [9.17, 15) is 4.79 Å². The van der Waals surface area contributed by atoms with Gasteiger partial charge in [-0.05, 0) is 41.6 Å². The first-order valence-corrected chi connectivity index (χ1v) is 6.51. The second-order valence-electron chi connectivity index (χ2n) is 4.47. The predicted molar refractivity (Wildman–Crippen MR) is 74.7 cm³/mol. The summed E-state index contributed by atoms with van der Waals surface area (Å²) in [6.07, 6.45) is 0. The molecule has 2 rings (SSSR count). The van der Waals surface area contributed by atoms with E-state index in [0.717, 1.165) is 9.26 Å². The molecule has 4 nitrogen and oxygen atoms in total. The first-order chi connectivity index (χ1) is 8.04. The molecule has 0 spiro atoms. The molecular formula is C12H15IN2O2. The Hall–Kier alpha value is -0.660. The SMILES string of the molecule is CC1(C(=O)Nc2ccccc2I)COCC1N. The third kappa shape index (κ3) is 2.46. The van der Waals surface area contributed by atoms with Crippen molar-refractivity contribution in [3.63, 3.8) is 0 Å². The molecule has 0 radical (unpaired) electrons. The average molecular weight is 346 g/mol. The molecule has 3 N–H and O–H groups in total. The molecule has 0 bridgehead atoms. The number of hydrogen-bond donors (Lipinski definition) is 2. The molecule has 92 valence electrons. The van der Waals surface area contributed by atoms with Crippen molar-refractivity contribution in [1.29, 1.82) is 0 Å². The number of amides is 1.